The number of fused-ring (bicyclic) bond motifs is 9. The van der Waals surface area contributed by atoms with E-state index in [1.807, 2.05) is 0 Å². The summed E-state index contributed by atoms with van der Waals surface area (Å²) in [4.78, 5) is 0. The van der Waals surface area contributed by atoms with Gasteiger partial charge in [-0.1, -0.05) is 101 Å². The average Bonchev–Trinajstić information content (AvgIpc) is 3.09. The zero-order chi connectivity index (χ0) is 19.8. The molecule has 140 valence electrons. The van der Waals surface area contributed by atoms with Crippen LogP contribution in [0.25, 0.3) is 16.7 Å². The Balaban J connectivity index is 1.81. The zero-order valence-electron chi connectivity index (χ0n) is 15.9. The minimum Gasteiger partial charge on any atom is -0.0700 e. The molecule has 1 spiro atoms. The van der Waals surface area contributed by atoms with Gasteiger partial charge in [0.05, 0.1) is 8.84 Å². The Morgan fingerprint density at radius 1 is 0.690 bits per heavy atom. The van der Waals surface area contributed by atoms with E-state index in [0.717, 1.165) is 0 Å². The number of hydrogen-bond acceptors (Lipinski definition) is 0. The van der Waals surface area contributed by atoms with Crippen LogP contribution in [0.5, 0.6) is 0 Å². The van der Waals surface area contributed by atoms with E-state index in [9.17, 15) is 0 Å². The van der Waals surface area contributed by atoms with Crippen LogP contribution in [0.2, 0.25) is 0 Å². The highest BCUT2D eigenvalue weighted by Gasteiger charge is 2.52. The Kier molecular flexibility index (Phi) is 3.86. The monoisotopic (exact) mass is 596 g/mol. The summed E-state index contributed by atoms with van der Waals surface area (Å²) in [5, 5.41) is 0. The molecule has 6 rings (SSSR count). The summed E-state index contributed by atoms with van der Waals surface area (Å²) in [7, 11) is 0. The van der Waals surface area contributed by atoms with Crippen LogP contribution in [-0.4, -0.2) is 3.42 Å². The Morgan fingerprint density at radius 3 is 1.97 bits per heavy atom. The maximum atomic E-state index is 2.53. The van der Waals surface area contributed by atoms with Crippen molar-refractivity contribution in [1.29, 1.82) is 0 Å². The molecule has 0 bridgehead atoms. The number of halogens is 2. The van der Waals surface area contributed by atoms with Crippen LogP contribution < -0.4 is 0 Å². The van der Waals surface area contributed by atoms with Crippen molar-refractivity contribution >= 4 is 50.8 Å². The molecule has 0 saturated heterocycles. The van der Waals surface area contributed by atoms with Crippen LogP contribution in [0.4, 0.5) is 0 Å². The molecule has 0 aliphatic heterocycles. The summed E-state index contributed by atoms with van der Waals surface area (Å²) in [6.07, 6.45) is 9.44. The van der Waals surface area contributed by atoms with Crippen molar-refractivity contribution in [2.75, 3.05) is 0 Å². The SMILES string of the molecule is CC1(I)C=CC2=C(C=C1)C1(c3ccc(I)cc32)c2ccccc2-c2ccccc21. The molecule has 2 heteroatoms. The molecule has 3 aliphatic carbocycles. The third kappa shape index (κ3) is 2.36. The maximum absolute atomic E-state index is 2.53. The van der Waals surface area contributed by atoms with Crippen LogP contribution in [0.15, 0.2) is 96.6 Å². The summed E-state index contributed by atoms with van der Waals surface area (Å²) in [5.74, 6) is 0. The van der Waals surface area contributed by atoms with Gasteiger partial charge in [0, 0.05) is 3.57 Å². The largest absolute Gasteiger partial charge is 0.0725 e. The molecule has 0 N–H and O–H groups in total. The molecule has 0 aromatic heterocycles. The Labute approximate surface area is 198 Å². The van der Waals surface area contributed by atoms with Crippen LogP contribution in [-0.2, 0) is 5.41 Å². The normalized spacial score (nSPS) is 22.3. The molecular weight excluding hydrogens is 578 g/mol. The first-order chi connectivity index (χ1) is 14.0. The summed E-state index contributed by atoms with van der Waals surface area (Å²) in [6, 6.07) is 24.9. The van der Waals surface area contributed by atoms with Crippen molar-refractivity contribution in [3.05, 3.63) is 122 Å². The lowest BCUT2D eigenvalue weighted by Gasteiger charge is -2.31. The lowest BCUT2D eigenvalue weighted by molar-refractivity contribution is 0.785. The minimum absolute atomic E-state index is 0.0169. The maximum Gasteiger partial charge on any atom is 0.0725 e. The van der Waals surface area contributed by atoms with Gasteiger partial charge in [-0.15, -0.1) is 0 Å². The highest BCUT2D eigenvalue weighted by molar-refractivity contribution is 14.1. The van der Waals surface area contributed by atoms with Gasteiger partial charge in [-0.05, 0) is 86.2 Å². The third-order valence-corrected chi connectivity index (χ3v) is 7.86. The molecule has 3 aromatic carbocycles. The molecule has 0 heterocycles. The molecule has 1 unspecified atom stereocenters. The second-order valence-corrected chi connectivity index (χ2v) is 11.7. The predicted octanol–water partition coefficient (Wildman–Crippen LogP) is 7.69. The zero-order valence-corrected chi connectivity index (χ0v) is 20.2. The number of hydrogen-bond donors (Lipinski definition) is 0. The molecule has 1 atom stereocenters. The molecular formula is C27H18I2. The third-order valence-electron chi connectivity index (χ3n) is 6.47. The first-order valence-corrected chi connectivity index (χ1v) is 12.0. The lowest BCUT2D eigenvalue weighted by Crippen LogP contribution is -2.27. The molecule has 0 amide bonds. The standard InChI is InChI=1S/C27H18I2/c1-26(29)14-12-20-21-16-17(28)10-11-24(21)27(25(20)13-15-26)22-8-4-2-6-18(22)19-7-3-5-9-23(19)27/h2-16H,1H3. The molecule has 0 saturated carbocycles. The molecule has 3 aromatic rings. The summed E-state index contributed by atoms with van der Waals surface area (Å²) in [6.45, 7) is 2.27. The lowest BCUT2D eigenvalue weighted by atomic mass is 9.69. The molecule has 29 heavy (non-hydrogen) atoms. The average molecular weight is 596 g/mol. The van der Waals surface area contributed by atoms with E-state index in [0.29, 0.717) is 0 Å². The number of benzene rings is 3. The van der Waals surface area contributed by atoms with Crippen LogP contribution in [0, 0.1) is 3.57 Å². The van der Waals surface area contributed by atoms with Gasteiger partial charge in [-0.3, -0.25) is 0 Å². The van der Waals surface area contributed by atoms with Gasteiger partial charge < -0.3 is 0 Å². The van der Waals surface area contributed by atoms with Crippen LogP contribution >= 0.6 is 45.2 Å². The molecule has 0 fully saturated rings. The highest BCUT2D eigenvalue weighted by atomic mass is 127. The highest BCUT2D eigenvalue weighted by Crippen LogP contribution is 2.62. The first kappa shape index (κ1) is 18.1. The van der Waals surface area contributed by atoms with Crippen LogP contribution in [0.1, 0.15) is 29.2 Å². The molecule has 0 radical (unpaired) electrons. The molecule has 3 aliphatic rings. The van der Waals surface area contributed by atoms with Crippen LogP contribution in [0.3, 0.4) is 0 Å². The van der Waals surface area contributed by atoms with Gasteiger partial charge in [0.15, 0.2) is 0 Å². The van der Waals surface area contributed by atoms with Crippen molar-refractivity contribution < 1.29 is 0 Å². The van der Waals surface area contributed by atoms with Gasteiger partial charge in [0.25, 0.3) is 0 Å². The number of alkyl halides is 1. The quantitative estimate of drug-likeness (QED) is 0.185. The van der Waals surface area contributed by atoms with Gasteiger partial charge in [0.1, 0.15) is 0 Å². The smallest absolute Gasteiger partial charge is 0.0700 e. The second kappa shape index (κ2) is 6.17. The topological polar surface area (TPSA) is 0 Å². The van der Waals surface area contributed by atoms with E-state index in [1.54, 1.807) is 0 Å². The minimum atomic E-state index is -0.236. The van der Waals surface area contributed by atoms with Crippen molar-refractivity contribution in [3.8, 4) is 11.1 Å². The van der Waals surface area contributed by atoms with Gasteiger partial charge >= 0.3 is 0 Å². The fourth-order valence-electron chi connectivity index (χ4n) is 5.32. The fraction of sp³-hybridized carbons (Fsp3) is 0.111. The fourth-order valence-corrected chi connectivity index (χ4v) is 6.17. The second-order valence-electron chi connectivity index (χ2n) is 8.18. The Hall–Kier alpha value is -1.66. The van der Waals surface area contributed by atoms with E-state index >= 15 is 0 Å². The first-order valence-electron chi connectivity index (χ1n) is 9.84. The van der Waals surface area contributed by atoms with E-state index in [4.69, 9.17) is 0 Å². The van der Waals surface area contributed by atoms with E-state index in [-0.39, 0.29) is 8.84 Å². The van der Waals surface area contributed by atoms with Gasteiger partial charge in [-0.2, -0.15) is 0 Å². The molecule has 0 nitrogen and oxygen atoms in total. The Morgan fingerprint density at radius 2 is 1.28 bits per heavy atom. The summed E-state index contributed by atoms with van der Waals surface area (Å²) in [5.41, 5.74) is 10.8. The Bertz CT molecular complexity index is 1240. The predicted molar refractivity (Wildman–Crippen MR) is 139 cm³/mol. The van der Waals surface area contributed by atoms with E-state index < -0.39 is 0 Å². The summed E-state index contributed by atoms with van der Waals surface area (Å²) >= 11 is 4.97. The van der Waals surface area contributed by atoms with Gasteiger partial charge in [-0.25, -0.2) is 0 Å². The van der Waals surface area contributed by atoms with Crippen molar-refractivity contribution in [1.82, 2.24) is 0 Å². The summed E-state index contributed by atoms with van der Waals surface area (Å²) < 4.78 is 1.30. The van der Waals surface area contributed by atoms with Gasteiger partial charge in [0.2, 0.25) is 0 Å². The van der Waals surface area contributed by atoms with Crippen molar-refractivity contribution in [3.63, 3.8) is 0 Å². The van der Waals surface area contributed by atoms with Crippen molar-refractivity contribution in [2.45, 2.75) is 15.8 Å². The van der Waals surface area contributed by atoms with E-state index in [2.05, 4.69) is 143 Å². The number of allylic oxidation sites excluding steroid dienone is 6. The van der Waals surface area contributed by atoms with Crippen molar-refractivity contribution in [2.24, 2.45) is 0 Å². The van der Waals surface area contributed by atoms with E-state index in [1.165, 1.54) is 48.1 Å². The number of rotatable bonds is 0.